The first-order valence-electron chi connectivity index (χ1n) is 6.99. The monoisotopic (exact) mass is 335 g/mol. The Morgan fingerprint density at radius 3 is 2.67 bits per heavy atom. The zero-order valence-corrected chi connectivity index (χ0v) is 14.5. The number of halogens is 2. The number of nitrogens with zero attached hydrogens (tertiary/aromatic N) is 2. The molecule has 0 spiro atoms. The Morgan fingerprint density at radius 2 is 2.05 bits per heavy atom. The van der Waals surface area contributed by atoms with E-state index in [1.54, 1.807) is 7.11 Å². The van der Waals surface area contributed by atoms with Gasteiger partial charge in [-0.1, -0.05) is 12.1 Å². The summed E-state index contributed by atoms with van der Waals surface area (Å²) in [6.07, 6.45) is 0. The van der Waals surface area contributed by atoms with E-state index in [2.05, 4.69) is 28.9 Å². The van der Waals surface area contributed by atoms with Crippen LogP contribution in [0.4, 0.5) is 5.69 Å². The number of hydrogen-bond donors (Lipinski definition) is 1. The van der Waals surface area contributed by atoms with E-state index in [4.69, 9.17) is 10.5 Å². The third kappa shape index (κ3) is 6.41. The molecule has 4 nitrogen and oxygen atoms in total. The minimum absolute atomic E-state index is 0. The largest absolute Gasteiger partial charge is 0.399 e. The summed E-state index contributed by atoms with van der Waals surface area (Å²) in [5.41, 5.74) is 7.98. The van der Waals surface area contributed by atoms with Gasteiger partial charge in [0.1, 0.15) is 0 Å². The molecule has 0 amide bonds. The highest BCUT2D eigenvalue weighted by Crippen LogP contribution is 2.14. The van der Waals surface area contributed by atoms with Crippen molar-refractivity contribution >= 4 is 30.5 Å². The van der Waals surface area contributed by atoms with Gasteiger partial charge in [0.15, 0.2) is 0 Å². The van der Waals surface area contributed by atoms with Crippen LogP contribution in [0, 0.1) is 0 Å². The van der Waals surface area contributed by atoms with Crippen LogP contribution >= 0.6 is 24.8 Å². The van der Waals surface area contributed by atoms with Crippen LogP contribution in [0.25, 0.3) is 0 Å². The van der Waals surface area contributed by atoms with E-state index < -0.39 is 0 Å². The van der Waals surface area contributed by atoms with Gasteiger partial charge in [0.25, 0.3) is 0 Å². The second-order valence-corrected chi connectivity index (χ2v) is 5.36. The fourth-order valence-electron chi connectivity index (χ4n) is 2.70. The maximum absolute atomic E-state index is 5.83. The highest BCUT2D eigenvalue weighted by atomic mass is 35.5. The zero-order chi connectivity index (χ0) is 13.7. The van der Waals surface area contributed by atoms with Crippen LogP contribution in [0.2, 0.25) is 0 Å². The number of hydrogen-bond acceptors (Lipinski definition) is 4. The maximum atomic E-state index is 5.83. The van der Waals surface area contributed by atoms with Gasteiger partial charge in [-0.15, -0.1) is 24.8 Å². The van der Waals surface area contributed by atoms with Crippen LogP contribution in [0.5, 0.6) is 0 Å². The molecule has 2 N–H and O–H groups in total. The number of piperazine rings is 1. The van der Waals surface area contributed by atoms with E-state index in [9.17, 15) is 0 Å². The van der Waals surface area contributed by atoms with Crippen molar-refractivity contribution in [2.45, 2.75) is 19.5 Å². The van der Waals surface area contributed by atoms with Gasteiger partial charge in [-0.3, -0.25) is 9.80 Å². The molecule has 1 saturated heterocycles. The molecule has 1 aliphatic rings. The van der Waals surface area contributed by atoms with Crippen molar-refractivity contribution in [1.29, 1.82) is 0 Å². The number of ether oxygens (including phenoxy) is 1. The highest BCUT2D eigenvalue weighted by Gasteiger charge is 2.23. The van der Waals surface area contributed by atoms with Crippen LogP contribution in [0.1, 0.15) is 12.5 Å². The average Bonchev–Trinajstić information content (AvgIpc) is 2.38. The first kappa shape index (κ1) is 20.5. The molecule has 6 heteroatoms. The third-order valence-electron chi connectivity index (χ3n) is 3.79. The smallest absolute Gasteiger partial charge is 0.0589 e. The SMILES string of the molecule is COCCN1CCN(Cc2cccc(N)c2)CC1C.Cl.Cl. The Kier molecular flexibility index (Phi) is 9.99. The van der Waals surface area contributed by atoms with Crippen molar-refractivity contribution in [2.75, 3.05) is 45.6 Å². The van der Waals surface area contributed by atoms with Crippen molar-refractivity contribution in [3.63, 3.8) is 0 Å². The number of benzene rings is 1. The minimum Gasteiger partial charge on any atom is -0.399 e. The molecule has 2 rings (SSSR count). The van der Waals surface area contributed by atoms with Gasteiger partial charge in [-0.25, -0.2) is 0 Å². The number of anilines is 1. The molecule has 0 bridgehead atoms. The zero-order valence-electron chi connectivity index (χ0n) is 12.8. The summed E-state index contributed by atoms with van der Waals surface area (Å²) in [5, 5.41) is 0. The van der Waals surface area contributed by atoms with E-state index in [1.165, 1.54) is 5.56 Å². The predicted molar refractivity (Wildman–Crippen MR) is 93.5 cm³/mol. The lowest BCUT2D eigenvalue weighted by molar-refractivity contribution is 0.0557. The van der Waals surface area contributed by atoms with Crippen LogP contribution in [-0.4, -0.2) is 55.7 Å². The molecular weight excluding hydrogens is 309 g/mol. The van der Waals surface area contributed by atoms with E-state index in [-0.39, 0.29) is 24.8 Å². The lowest BCUT2D eigenvalue weighted by Crippen LogP contribution is -2.52. The Hall–Kier alpha value is -0.520. The Labute approximate surface area is 140 Å². The summed E-state index contributed by atoms with van der Waals surface area (Å²) < 4.78 is 5.16. The van der Waals surface area contributed by atoms with Crippen molar-refractivity contribution < 1.29 is 4.74 Å². The average molecular weight is 336 g/mol. The summed E-state index contributed by atoms with van der Waals surface area (Å²) in [4.78, 5) is 5.00. The molecule has 0 saturated carbocycles. The second kappa shape index (κ2) is 10.2. The van der Waals surface area contributed by atoms with Crippen LogP contribution in [-0.2, 0) is 11.3 Å². The molecule has 1 aliphatic heterocycles. The van der Waals surface area contributed by atoms with Gasteiger partial charge in [0, 0.05) is 51.6 Å². The number of methoxy groups -OCH3 is 1. The maximum Gasteiger partial charge on any atom is 0.0589 e. The van der Waals surface area contributed by atoms with Gasteiger partial charge in [0.05, 0.1) is 6.61 Å². The van der Waals surface area contributed by atoms with Crippen LogP contribution in [0.3, 0.4) is 0 Å². The minimum atomic E-state index is 0. The van der Waals surface area contributed by atoms with E-state index in [1.807, 2.05) is 12.1 Å². The third-order valence-corrected chi connectivity index (χ3v) is 3.79. The normalized spacial score (nSPS) is 19.6. The van der Waals surface area contributed by atoms with Gasteiger partial charge < -0.3 is 10.5 Å². The molecule has 0 aromatic heterocycles. The molecule has 0 aliphatic carbocycles. The summed E-state index contributed by atoms with van der Waals surface area (Å²) in [7, 11) is 1.76. The summed E-state index contributed by atoms with van der Waals surface area (Å²) in [6, 6.07) is 8.78. The van der Waals surface area contributed by atoms with E-state index in [0.29, 0.717) is 6.04 Å². The van der Waals surface area contributed by atoms with Gasteiger partial charge >= 0.3 is 0 Å². The summed E-state index contributed by atoms with van der Waals surface area (Å²) in [5.74, 6) is 0. The van der Waals surface area contributed by atoms with Crippen molar-refractivity contribution in [1.82, 2.24) is 9.80 Å². The van der Waals surface area contributed by atoms with Gasteiger partial charge in [0.2, 0.25) is 0 Å². The summed E-state index contributed by atoms with van der Waals surface area (Å²) >= 11 is 0. The molecular formula is C15H27Cl2N3O. The number of nitrogen functional groups attached to an aromatic ring is 1. The Balaban J connectivity index is 0.00000200. The van der Waals surface area contributed by atoms with Gasteiger partial charge in [-0.2, -0.15) is 0 Å². The van der Waals surface area contributed by atoms with Crippen LogP contribution in [0.15, 0.2) is 24.3 Å². The Bertz CT molecular complexity index is 406. The Morgan fingerprint density at radius 1 is 1.29 bits per heavy atom. The molecule has 1 aromatic rings. The summed E-state index contributed by atoms with van der Waals surface area (Å²) in [6.45, 7) is 8.48. The van der Waals surface area contributed by atoms with Crippen molar-refractivity contribution in [3.05, 3.63) is 29.8 Å². The van der Waals surface area contributed by atoms with Gasteiger partial charge in [-0.05, 0) is 24.6 Å². The molecule has 1 unspecified atom stereocenters. The molecule has 21 heavy (non-hydrogen) atoms. The molecule has 1 aromatic carbocycles. The van der Waals surface area contributed by atoms with E-state index >= 15 is 0 Å². The first-order chi connectivity index (χ1) is 9.19. The predicted octanol–water partition coefficient (Wildman–Crippen LogP) is 2.26. The molecule has 0 radical (unpaired) electrons. The lowest BCUT2D eigenvalue weighted by atomic mass is 10.1. The highest BCUT2D eigenvalue weighted by molar-refractivity contribution is 5.85. The topological polar surface area (TPSA) is 41.7 Å². The molecule has 1 heterocycles. The van der Waals surface area contributed by atoms with E-state index in [0.717, 1.165) is 45.0 Å². The number of rotatable bonds is 5. The fraction of sp³-hybridized carbons (Fsp3) is 0.600. The van der Waals surface area contributed by atoms with Crippen LogP contribution < -0.4 is 5.73 Å². The second-order valence-electron chi connectivity index (χ2n) is 5.36. The van der Waals surface area contributed by atoms with Crippen molar-refractivity contribution in [2.24, 2.45) is 0 Å². The van der Waals surface area contributed by atoms with Crippen molar-refractivity contribution in [3.8, 4) is 0 Å². The first-order valence-corrected chi connectivity index (χ1v) is 6.99. The molecule has 1 atom stereocenters. The number of nitrogens with two attached hydrogens (primary N) is 1. The molecule has 1 fully saturated rings. The quantitative estimate of drug-likeness (QED) is 0.838. The molecule has 122 valence electrons. The standard InChI is InChI=1S/C15H25N3O.2ClH/c1-13-11-17(6-7-18(13)8-9-19-2)12-14-4-3-5-15(16)10-14;;/h3-5,10,13H,6-9,11-12,16H2,1-2H3;2*1H. The fourth-order valence-corrected chi connectivity index (χ4v) is 2.70. The lowest BCUT2D eigenvalue weighted by Gasteiger charge is -2.39.